The summed E-state index contributed by atoms with van der Waals surface area (Å²) in [5, 5.41) is 9.90. The number of aromatic hydroxyl groups is 1. The van der Waals surface area contributed by atoms with Gasteiger partial charge in [-0.05, 0) is 43.0 Å². The highest BCUT2D eigenvalue weighted by Gasteiger charge is 2.07. The first kappa shape index (κ1) is 10.7. The SMILES string of the molecule is Cc1ccc(-c2ccc(C)c(O)c2C)cc1. The molecule has 0 aromatic heterocycles. The molecule has 0 radical (unpaired) electrons. The van der Waals surface area contributed by atoms with Crippen molar-refractivity contribution in [2.75, 3.05) is 0 Å². The molecule has 0 heterocycles. The maximum atomic E-state index is 9.90. The van der Waals surface area contributed by atoms with Crippen LogP contribution in [0.15, 0.2) is 36.4 Å². The highest BCUT2D eigenvalue weighted by molar-refractivity contribution is 5.70. The van der Waals surface area contributed by atoms with E-state index in [4.69, 9.17) is 0 Å². The lowest BCUT2D eigenvalue weighted by Crippen LogP contribution is -1.86. The van der Waals surface area contributed by atoms with Gasteiger partial charge in [-0.1, -0.05) is 42.0 Å². The van der Waals surface area contributed by atoms with Gasteiger partial charge in [-0.2, -0.15) is 0 Å². The van der Waals surface area contributed by atoms with Crippen molar-refractivity contribution in [2.24, 2.45) is 0 Å². The molecule has 0 saturated heterocycles. The molecule has 0 bridgehead atoms. The molecule has 1 heteroatoms. The summed E-state index contributed by atoms with van der Waals surface area (Å²) < 4.78 is 0. The molecule has 0 aliphatic heterocycles. The summed E-state index contributed by atoms with van der Waals surface area (Å²) >= 11 is 0. The number of phenolic OH excluding ortho intramolecular Hbond substituents is 1. The lowest BCUT2D eigenvalue weighted by molar-refractivity contribution is 0.467. The molecule has 2 rings (SSSR count). The second-order valence-corrected chi connectivity index (χ2v) is 4.27. The van der Waals surface area contributed by atoms with Crippen LogP contribution >= 0.6 is 0 Å². The average Bonchev–Trinajstić information content (AvgIpc) is 2.28. The summed E-state index contributed by atoms with van der Waals surface area (Å²) in [7, 11) is 0. The van der Waals surface area contributed by atoms with E-state index in [1.165, 1.54) is 5.56 Å². The second kappa shape index (κ2) is 4.01. The van der Waals surface area contributed by atoms with Gasteiger partial charge in [-0.15, -0.1) is 0 Å². The largest absolute Gasteiger partial charge is 0.507 e. The normalized spacial score (nSPS) is 10.4. The Morgan fingerprint density at radius 3 is 2.06 bits per heavy atom. The predicted molar refractivity (Wildman–Crippen MR) is 67.8 cm³/mol. The van der Waals surface area contributed by atoms with E-state index >= 15 is 0 Å². The van der Waals surface area contributed by atoms with Gasteiger partial charge in [0.1, 0.15) is 5.75 Å². The Hall–Kier alpha value is -1.76. The lowest BCUT2D eigenvalue weighted by atomic mass is 9.97. The third-order valence-corrected chi connectivity index (χ3v) is 3.00. The molecule has 1 nitrogen and oxygen atoms in total. The third kappa shape index (κ3) is 1.81. The summed E-state index contributed by atoms with van der Waals surface area (Å²) in [6, 6.07) is 12.4. The Bertz CT molecular complexity index is 510. The zero-order valence-electron chi connectivity index (χ0n) is 9.91. The van der Waals surface area contributed by atoms with E-state index in [0.29, 0.717) is 5.75 Å². The highest BCUT2D eigenvalue weighted by atomic mass is 16.3. The van der Waals surface area contributed by atoms with Crippen LogP contribution in [0.25, 0.3) is 11.1 Å². The molecule has 0 saturated carbocycles. The number of benzene rings is 2. The maximum absolute atomic E-state index is 9.90. The van der Waals surface area contributed by atoms with Gasteiger partial charge in [0.05, 0.1) is 0 Å². The lowest BCUT2D eigenvalue weighted by Gasteiger charge is -2.10. The summed E-state index contributed by atoms with van der Waals surface area (Å²) in [4.78, 5) is 0. The molecule has 0 unspecified atom stereocenters. The van der Waals surface area contributed by atoms with Crippen LogP contribution < -0.4 is 0 Å². The van der Waals surface area contributed by atoms with Gasteiger partial charge in [0, 0.05) is 0 Å². The van der Waals surface area contributed by atoms with Gasteiger partial charge in [-0.25, -0.2) is 0 Å². The average molecular weight is 212 g/mol. The fourth-order valence-corrected chi connectivity index (χ4v) is 1.88. The number of hydrogen-bond acceptors (Lipinski definition) is 1. The molecule has 0 atom stereocenters. The first-order valence-corrected chi connectivity index (χ1v) is 5.46. The van der Waals surface area contributed by atoms with Crippen LogP contribution in [-0.2, 0) is 0 Å². The van der Waals surface area contributed by atoms with Gasteiger partial charge in [-0.3, -0.25) is 0 Å². The van der Waals surface area contributed by atoms with Crippen molar-refractivity contribution >= 4 is 0 Å². The molecule has 0 aliphatic carbocycles. The Kier molecular flexibility index (Phi) is 2.69. The minimum atomic E-state index is 0.401. The zero-order valence-corrected chi connectivity index (χ0v) is 9.91. The van der Waals surface area contributed by atoms with Crippen molar-refractivity contribution in [3.05, 3.63) is 53.1 Å². The Labute approximate surface area is 96.4 Å². The van der Waals surface area contributed by atoms with Crippen LogP contribution in [0.1, 0.15) is 16.7 Å². The molecule has 0 spiro atoms. The molecule has 2 aromatic carbocycles. The van der Waals surface area contributed by atoms with Crippen molar-refractivity contribution in [3.63, 3.8) is 0 Å². The molecule has 16 heavy (non-hydrogen) atoms. The first-order chi connectivity index (χ1) is 7.59. The fraction of sp³-hybridized carbons (Fsp3) is 0.200. The van der Waals surface area contributed by atoms with E-state index in [0.717, 1.165) is 22.3 Å². The fourth-order valence-electron chi connectivity index (χ4n) is 1.88. The number of phenols is 1. The summed E-state index contributed by atoms with van der Waals surface area (Å²) in [5.74, 6) is 0.401. The molecular formula is C15H16O. The molecule has 1 N–H and O–H groups in total. The minimum Gasteiger partial charge on any atom is -0.507 e. The highest BCUT2D eigenvalue weighted by Crippen LogP contribution is 2.31. The van der Waals surface area contributed by atoms with Gasteiger partial charge in [0.25, 0.3) is 0 Å². The summed E-state index contributed by atoms with van der Waals surface area (Å²) in [6.07, 6.45) is 0. The number of rotatable bonds is 1. The molecular weight excluding hydrogens is 196 g/mol. The predicted octanol–water partition coefficient (Wildman–Crippen LogP) is 3.98. The van der Waals surface area contributed by atoms with Crippen molar-refractivity contribution in [1.29, 1.82) is 0 Å². The van der Waals surface area contributed by atoms with Crippen molar-refractivity contribution in [3.8, 4) is 16.9 Å². The Morgan fingerprint density at radius 2 is 1.44 bits per heavy atom. The molecule has 82 valence electrons. The smallest absolute Gasteiger partial charge is 0.122 e. The Balaban J connectivity index is 2.57. The first-order valence-electron chi connectivity index (χ1n) is 5.46. The maximum Gasteiger partial charge on any atom is 0.122 e. The zero-order chi connectivity index (χ0) is 11.7. The molecule has 0 aliphatic rings. The summed E-state index contributed by atoms with van der Waals surface area (Å²) in [5.41, 5.74) is 5.37. The van der Waals surface area contributed by atoms with E-state index in [9.17, 15) is 5.11 Å². The van der Waals surface area contributed by atoms with Crippen LogP contribution in [0.5, 0.6) is 5.75 Å². The van der Waals surface area contributed by atoms with E-state index < -0.39 is 0 Å². The van der Waals surface area contributed by atoms with Crippen LogP contribution in [0.3, 0.4) is 0 Å². The standard InChI is InChI=1S/C15H16O/c1-10-4-7-13(8-5-10)14-9-6-11(2)15(16)12(14)3/h4-9,16H,1-3H3. The molecule has 0 amide bonds. The van der Waals surface area contributed by atoms with Crippen LogP contribution in [0.2, 0.25) is 0 Å². The van der Waals surface area contributed by atoms with Gasteiger partial charge >= 0.3 is 0 Å². The summed E-state index contributed by atoms with van der Waals surface area (Å²) in [6.45, 7) is 5.95. The minimum absolute atomic E-state index is 0.401. The van der Waals surface area contributed by atoms with Crippen molar-refractivity contribution in [1.82, 2.24) is 0 Å². The van der Waals surface area contributed by atoms with E-state index in [-0.39, 0.29) is 0 Å². The molecule has 0 fully saturated rings. The van der Waals surface area contributed by atoms with E-state index in [1.54, 1.807) is 0 Å². The molecule has 2 aromatic rings. The number of aryl methyl sites for hydroxylation is 2. The van der Waals surface area contributed by atoms with Gasteiger partial charge in [0.15, 0.2) is 0 Å². The van der Waals surface area contributed by atoms with E-state index in [1.807, 2.05) is 19.9 Å². The van der Waals surface area contributed by atoms with Crippen molar-refractivity contribution in [2.45, 2.75) is 20.8 Å². The second-order valence-electron chi connectivity index (χ2n) is 4.27. The van der Waals surface area contributed by atoms with Gasteiger partial charge in [0.2, 0.25) is 0 Å². The topological polar surface area (TPSA) is 20.2 Å². The Morgan fingerprint density at radius 1 is 0.812 bits per heavy atom. The number of hydrogen-bond donors (Lipinski definition) is 1. The quantitative estimate of drug-likeness (QED) is 0.758. The van der Waals surface area contributed by atoms with Crippen LogP contribution in [0, 0.1) is 20.8 Å². The van der Waals surface area contributed by atoms with Crippen LogP contribution in [-0.4, -0.2) is 5.11 Å². The van der Waals surface area contributed by atoms with Gasteiger partial charge < -0.3 is 5.11 Å². The van der Waals surface area contributed by atoms with Crippen LogP contribution in [0.4, 0.5) is 0 Å². The monoisotopic (exact) mass is 212 g/mol. The van der Waals surface area contributed by atoms with Crippen molar-refractivity contribution < 1.29 is 5.11 Å². The third-order valence-electron chi connectivity index (χ3n) is 3.00. The van der Waals surface area contributed by atoms with E-state index in [2.05, 4.69) is 37.3 Å².